The molecule has 1 fully saturated rings. The summed E-state index contributed by atoms with van der Waals surface area (Å²) in [6.45, 7) is 4.84. The summed E-state index contributed by atoms with van der Waals surface area (Å²) in [5.41, 5.74) is 1.12. The zero-order chi connectivity index (χ0) is 11.8. The molecule has 0 bridgehead atoms. The Morgan fingerprint density at radius 2 is 2.00 bits per heavy atom. The Morgan fingerprint density at radius 3 is 2.50 bits per heavy atom. The number of carbonyl (C=O) groups is 1. The van der Waals surface area contributed by atoms with E-state index in [0.717, 1.165) is 5.56 Å². The molecule has 0 aliphatic carbocycles. The zero-order valence-electron chi connectivity index (χ0n) is 9.73. The maximum absolute atomic E-state index is 12.1. The Labute approximate surface area is 95.7 Å². The number of aryl methyl sites for hydroxylation is 1. The number of carbonyl (C=O) groups excluding carboxylic acids is 1. The Hall–Kier alpha value is -1.35. The van der Waals surface area contributed by atoms with Gasteiger partial charge in [0.1, 0.15) is 0 Å². The van der Waals surface area contributed by atoms with Crippen LogP contribution in [0.3, 0.4) is 0 Å². The molecule has 1 heterocycles. The van der Waals surface area contributed by atoms with E-state index in [-0.39, 0.29) is 5.91 Å². The van der Waals surface area contributed by atoms with Crippen LogP contribution in [0.2, 0.25) is 0 Å². The molecule has 2 rings (SSSR count). The smallest absolute Gasteiger partial charge is 0.253 e. The molecule has 1 N–H and O–H groups in total. The van der Waals surface area contributed by atoms with Crippen LogP contribution in [0.25, 0.3) is 0 Å². The lowest BCUT2D eigenvalue weighted by Gasteiger charge is -2.19. The predicted octanol–water partition coefficient (Wildman–Crippen LogP) is 1.59. The molecule has 0 spiro atoms. The van der Waals surface area contributed by atoms with E-state index >= 15 is 0 Å². The van der Waals surface area contributed by atoms with Gasteiger partial charge in [-0.15, -0.1) is 0 Å². The van der Waals surface area contributed by atoms with E-state index in [1.807, 2.05) is 31.2 Å². The molecule has 0 radical (unpaired) electrons. The van der Waals surface area contributed by atoms with Crippen LogP contribution in [0.1, 0.15) is 29.3 Å². The standard InChI is InChI=1S/C13H17NO2/c1-10-3-5-11(6-4-10)12(15)14-8-7-13(2,16)9-14/h3-6,16H,7-9H2,1-2H3. The number of likely N-dealkylation sites (tertiary alicyclic amines) is 1. The lowest BCUT2D eigenvalue weighted by atomic mass is 10.1. The summed E-state index contributed by atoms with van der Waals surface area (Å²) in [5, 5.41) is 9.81. The molecule has 1 aliphatic rings. The van der Waals surface area contributed by atoms with Gasteiger partial charge in [-0.25, -0.2) is 0 Å². The van der Waals surface area contributed by atoms with Gasteiger partial charge in [0, 0.05) is 18.7 Å². The molecule has 3 heteroatoms. The first-order chi connectivity index (χ1) is 7.48. The van der Waals surface area contributed by atoms with Gasteiger partial charge in [0.25, 0.3) is 5.91 Å². The molecule has 0 aromatic heterocycles. The molecule has 86 valence electrons. The maximum atomic E-state index is 12.1. The Kier molecular flexibility index (Phi) is 2.72. The Morgan fingerprint density at radius 1 is 1.38 bits per heavy atom. The molecule has 1 aliphatic heterocycles. The number of aliphatic hydroxyl groups is 1. The van der Waals surface area contributed by atoms with Gasteiger partial charge in [0.05, 0.1) is 5.60 Å². The molecular formula is C13H17NO2. The van der Waals surface area contributed by atoms with E-state index in [0.29, 0.717) is 25.1 Å². The monoisotopic (exact) mass is 219 g/mol. The van der Waals surface area contributed by atoms with Crippen molar-refractivity contribution in [3.63, 3.8) is 0 Å². The highest BCUT2D eigenvalue weighted by molar-refractivity contribution is 5.94. The van der Waals surface area contributed by atoms with Crippen LogP contribution in [-0.2, 0) is 0 Å². The number of hydrogen-bond acceptors (Lipinski definition) is 2. The Bertz CT molecular complexity index is 395. The minimum atomic E-state index is -0.722. The summed E-state index contributed by atoms with van der Waals surface area (Å²) in [7, 11) is 0. The van der Waals surface area contributed by atoms with Crippen molar-refractivity contribution in [3.05, 3.63) is 35.4 Å². The molecule has 3 nitrogen and oxygen atoms in total. The average molecular weight is 219 g/mol. The molecule has 1 unspecified atom stereocenters. The molecule has 1 atom stereocenters. The number of β-amino-alcohol motifs (C(OH)–C–C–N with tert-alkyl or cyclic N) is 1. The minimum absolute atomic E-state index is 0.0118. The van der Waals surface area contributed by atoms with Crippen molar-refractivity contribution in [2.75, 3.05) is 13.1 Å². The highest BCUT2D eigenvalue weighted by atomic mass is 16.3. The third kappa shape index (κ3) is 2.25. The molecule has 1 saturated heterocycles. The molecule has 1 aromatic carbocycles. The van der Waals surface area contributed by atoms with Crippen molar-refractivity contribution in [2.45, 2.75) is 25.9 Å². The quantitative estimate of drug-likeness (QED) is 0.779. The van der Waals surface area contributed by atoms with Gasteiger partial charge >= 0.3 is 0 Å². The summed E-state index contributed by atoms with van der Waals surface area (Å²) >= 11 is 0. The largest absolute Gasteiger partial charge is 0.388 e. The summed E-state index contributed by atoms with van der Waals surface area (Å²) in [4.78, 5) is 13.8. The van der Waals surface area contributed by atoms with Gasteiger partial charge in [0.2, 0.25) is 0 Å². The van der Waals surface area contributed by atoms with Crippen LogP contribution in [0, 0.1) is 6.92 Å². The van der Waals surface area contributed by atoms with Crippen LogP contribution in [0.4, 0.5) is 0 Å². The van der Waals surface area contributed by atoms with E-state index in [1.54, 1.807) is 11.8 Å². The van der Waals surface area contributed by atoms with E-state index in [1.165, 1.54) is 0 Å². The van der Waals surface area contributed by atoms with Gasteiger partial charge in [0.15, 0.2) is 0 Å². The number of amides is 1. The fraction of sp³-hybridized carbons (Fsp3) is 0.462. The van der Waals surface area contributed by atoms with Gasteiger partial charge < -0.3 is 10.0 Å². The van der Waals surface area contributed by atoms with Crippen molar-refractivity contribution in [1.29, 1.82) is 0 Å². The van der Waals surface area contributed by atoms with E-state index < -0.39 is 5.60 Å². The van der Waals surface area contributed by atoms with Crippen molar-refractivity contribution in [2.24, 2.45) is 0 Å². The topological polar surface area (TPSA) is 40.5 Å². The highest BCUT2D eigenvalue weighted by Gasteiger charge is 2.34. The van der Waals surface area contributed by atoms with Gasteiger partial charge in [-0.3, -0.25) is 4.79 Å². The van der Waals surface area contributed by atoms with Gasteiger partial charge in [-0.05, 0) is 32.4 Å². The van der Waals surface area contributed by atoms with E-state index in [9.17, 15) is 9.90 Å². The normalized spacial score (nSPS) is 24.8. The van der Waals surface area contributed by atoms with E-state index in [2.05, 4.69) is 0 Å². The van der Waals surface area contributed by atoms with Crippen molar-refractivity contribution < 1.29 is 9.90 Å². The van der Waals surface area contributed by atoms with Crippen LogP contribution in [-0.4, -0.2) is 34.6 Å². The second-order valence-electron chi connectivity index (χ2n) is 4.84. The third-order valence-electron chi connectivity index (χ3n) is 3.04. The molecular weight excluding hydrogens is 202 g/mol. The van der Waals surface area contributed by atoms with Crippen LogP contribution < -0.4 is 0 Å². The number of nitrogens with zero attached hydrogens (tertiary/aromatic N) is 1. The number of rotatable bonds is 1. The Balaban J connectivity index is 2.12. The van der Waals surface area contributed by atoms with Crippen LogP contribution >= 0.6 is 0 Å². The molecule has 16 heavy (non-hydrogen) atoms. The third-order valence-corrected chi connectivity index (χ3v) is 3.04. The molecule has 1 aromatic rings. The van der Waals surface area contributed by atoms with Crippen molar-refractivity contribution in [3.8, 4) is 0 Å². The highest BCUT2D eigenvalue weighted by Crippen LogP contribution is 2.22. The van der Waals surface area contributed by atoms with Gasteiger partial charge in [-0.2, -0.15) is 0 Å². The predicted molar refractivity (Wildman–Crippen MR) is 62.3 cm³/mol. The summed E-state index contributed by atoms with van der Waals surface area (Å²) in [6, 6.07) is 7.54. The summed E-state index contributed by atoms with van der Waals surface area (Å²) < 4.78 is 0. The second-order valence-corrected chi connectivity index (χ2v) is 4.84. The van der Waals surface area contributed by atoms with Crippen molar-refractivity contribution in [1.82, 2.24) is 4.90 Å². The van der Waals surface area contributed by atoms with E-state index in [4.69, 9.17) is 0 Å². The fourth-order valence-electron chi connectivity index (χ4n) is 2.00. The van der Waals surface area contributed by atoms with Gasteiger partial charge in [-0.1, -0.05) is 17.7 Å². The molecule has 0 saturated carbocycles. The number of benzene rings is 1. The lowest BCUT2D eigenvalue weighted by molar-refractivity contribution is 0.0572. The minimum Gasteiger partial charge on any atom is -0.388 e. The summed E-state index contributed by atoms with van der Waals surface area (Å²) in [5.74, 6) is 0.0118. The zero-order valence-corrected chi connectivity index (χ0v) is 9.73. The number of hydrogen-bond donors (Lipinski definition) is 1. The van der Waals surface area contributed by atoms with Crippen LogP contribution in [0.15, 0.2) is 24.3 Å². The lowest BCUT2D eigenvalue weighted by Crippen LogP contribution is -2.33. The average Bonchev–Trinajstić information content (AvgIpc) is 2.59. The maximum Gasteiger partial charge on any atom is 0.253 e. The second kappa shape index (κ2) is 3.91. The first kappa shape index (κ1) is 11.1. The van der Waals surface area contributed by atoms with Crippen LogP contribution in [0.5, 0.6) is 0 Å². The summed E-state index contributed by atoms with van der Waals surface area (Å²) in [6.07, 6.45) is 0.657. The van der Waals surface area contributed by atoms with Crippen molar-refractivity contribution >= 4 is 5.91 Å². The first-order valence-electron chi connectivity index (χ1n) is 5.56. The SMILES string of the molecule is Cc1ccc(C(=O)N2CCC(C)(O)C2)cc1. The fourth-order valence-corrected chi connectivity index (χ4v) is 2.00. The first-order valence-corrected chi connectivity index (χ1v) is 5.56. The molecule has 1 amide bonds.